The molecule has 70 valence electrons. The van der Waals surface area contributed by atoms with Crippen LogP contribution in [0.3, 0.4) is 0 Å². The van der Waals surface area contributed by atoms with E-state index < -0.39 is 0 Å². The van der Waals surface area contributed by atoms with E-state index in [0.29, 0.717) is 23.7 Å². The Morgan fingerprint density at radius 1 is 1.62 bits per heavy atom. The summed E-state index contributed by atoms with van der Waals surface area (Å²) < 4.78 is 0.830. The highest BCUT2D eigenvalue weighted by Crippen LogP contribution is 2.21. The van der Waals surface area contributed by atoms with E-state index in [4.69, 9.17) is 11.5 Å². The minimum Gasteiger partial charge on any atom is -0.397 e. The van der Waals surface area contributed by atoms with E-state index in [9.17, 15) is 0 Å². The lowest BCUT2D eigenvalue weighted by molar-refractivity contribution is 1.23. The average Bonchev–Trinajstić information content (AvgIpc) is 2.07. The Morgan fingerprint density at radius 3 is 2.92 bits per heavy atom. The molecule has 0 aliphatic heterocycles. The largest absolute Gasteiger partial charge is 0.397 e. The maximum Gasteiger partial charge on any atom is 0.151 e. The number of nitrogen functional groups attached to an aromatic ring is 2. The fraction of sp³-hybridized carbons (Fsp3) is 0.125. The summed E-state index contributed by atoms with van der Waals surface area (Å²) in [6.45, 7) is 4.25. The van der Waals surface area contributed by atoms with Crippen molar-refractivity contribution >= 4 is 33.1 Å². The van der Waals surface area contributed by atoms with Crippen LogP contribution in [-0.4, -0.2) is 11.5 Å². The molecule has 0 atom stereocenters. The van der Waals surface area contributed by atoms with Gasteiger partial charge in [0, 0.05) is 17.2 Å². The third kappa shape index (κ3) is 2.62. The van der Waals surface area contributed by atoms with Crippen LogP contribution < -0.4 is 16.8 Å². The molecule has 13 heavy (non-hydrogen) atoms. The molecule has 0 spiro atoms. The third-order valence-electron chi connectivity index (χ3n) is 1.47. The van der Waals surface area contributed by atoms with Crippen molar-refractivity contribution in [1.82, 2.24) is 4.98 Å². The van der Waals surface area contributed by atoms with Crippen LogP contribution in [0.15, 0.2) is 23.3 Å². The van der Waals surface area contributed by atoms with Crippen LogP contribution in [0.2, 0.25) is 0 Å². The van der Waals surface area contributed by atoms with Gasteiger partial charge in [0.1, 0.15) is 0 Å². The van der Waals surface area contributed by atoms with Crippen molar-refractivity contribution in [2.45, 2.75) is 0 Å². The Morgan fingerprint density at radius 2 is 2.31 bits per heavy atom. The van der Waals surface area contributed by atoms with Crippen LogP contribution in [0.4, 0.5) is 17.2 Å². The summed E-state index contributed by atoms with van der Waals surface area (Å²) in [5.74, 6) is 0.584. The number of hydrogen-bond acceptors (Lipinski definition) is 4. The van der Waals surface area contributed by atoms with Crippen LogP contribution in [-0.2, 0) is 0 Å². The van der Waals surface area contributed by atoms with Crippen molar-refractivity contribution < 1.29 is 0 Å². The highest BCUT2D eigenvalue weighted by Gasteiger charge is 2.02. The van der Waals surface area contributed by atoms with Gasteiger partial charge in [-0.25, -0.2) is 4.98 Å². The van der Waals surface area contributed by atoms with E-state index in [2.05, 4.69) is 32.8 Å². The lowest BCUT2D eigenvalue weighted by Gasteiger charge is -2.08. The summed E-state index contributed by atoms with van der Waals surface area (Å²) in [6.07, 6.45) is 1.60. The highest BCUT2D eigenvalue weighted by molar-refractivity contribution is 9.11. The van der Waals surface area contributed by atoms with Crippen LogP contribution in [0.5, 0.6) is 0 Å². The number of aromatic nitrogens is 1. The molecule has 1 rings (SSSR count). The molecule has 5 heteroatoms. The van der Waals surface area contributed by atoms with Gasteiger partial charge in [-0.05, 0) is 6.07 Å². The maximum absolute atomic E-state index is 5.67. The zero-order valence-corrected chi connectivity index (χ0v) is 8.63. The van der Waals surface area contributed by atoms with Gasteiger partial charge in [0.2, 0.25) is 0 Å². The van der Waals surface area contributed by atoms with Crippen LogP contribution in [0.25, 0.3) is 0 Å². The zero-order chi connectivity index (χ0) is 9.84. The number of rotatable bonds is 3. The second kappa shape index (κ2) is 4.13. The van der Waals surface area contributed by atoms with Gasteiger partial charge in [-0.2, -0.15) is 0 Å². The third-order valence-corrected chi connectivity index (χ3v) is 1.75. The van der Waals surface area contributed by atoms with Gasteiger partial charge >= 0.3 is 0 Å². The SMILES string of the molecule is C=C(Br)CNc1nccc(N)c1N. The number of anilines is 3. The summed E-state index contributed by atoms with van der Waals surface area (Å²) in [4.78, 5) is 4.03. The van der Waals surface area contributed by atoms with Gasteiger partial charge in [-0.1, -0.05) is 22.5 Å². The minimum absolute atomic E-state index is 0.469. The van der Waals surface area contributed by atoms with E-state index in [-0.39, 0.29) is 0 Å². The molecule has 0 saturated carbocycles. The number of pyridine rings is 1. The number of halogens is 1. The first-order chi connectivity index (χ1) is 6.11. The van der Waals surface area contributed by atoms with Crippen LogP contribution in [0.1, 0.15) is 0 Å². The van der Waals surface area contributed by atoms with E-state index >= 15 is 0 Å². The Bertz CT molecular complexity index is 324. The first-order valence-electron chi connectivity index (χ1n) is 3.68. The predicted octanol–water partition coefficient (Wildman–Crippen LogP) is 1.57. The van der Waals surface area contributed by atoms with Gasteiger partial charge < -0.3 is 16.8 Å². The molecule has 4 nitrogen and oxygen atoms in total. The maximum atomic E-state index is 5.67. The normalized spacial score (nSPS) is 9.62. The Balaban J connectivity index is 2.77. The lowest BCUT2D eigenvalue weighted by Crippen LogP contribution is -2.07. The molecule has 1 aromatic rings. The van der Waals surface area contributed by atoms with E-state index in [1.807, 2.05) is 0 Å². The number of nitrogens with zero attached hydrogens (tertiary/aromatic N) is 1. The number of hydrogen-bond donors (Lipinski definition) is 3. The van der Waals surface area contributed by atoms with Gasteiger partial charge in [0.05, 0.1) is 11.4 Å². The standard InChI is InChI=1S/C8H11BrN4/c1-5(9)4-13-8-7(11)6(10)2-3-12-8/h2-3H,1,4,11H2,(H3,10,12,13). The summed E-state index contributed by atoms with van der Waals surface area (Å²) in [6, 6.07) is 1.66. The van der Waals surface area contributed by atoms with Gasteiger partial charge in [-0.15, -0.1) is 0 Å². The fourth-order valence-corrected chi connectivity index (χ4v) is 0.949. The first-order valence-corrected chi connectivity index (χ1v) is 4.47. The summed E-state index contributed by atoms with van der Waals surface area (Å²) >= 11 is 3.22. The molecular weight excluding hydrogens is 232 g/mol. The van der Waals surface area contributed by atoms with Crippen molar-refractivity contribution in [3.63, 3.8) is 0 Å². The Labute approximate surface area is 85.2 Å². The monoisotopic (exact) mass is 242 g/mol. The second-order valence-electron chi connectivity index (χ2n) is 2.53. The molecule has 0 unspecified atom stereocenters. The van der Waals surface area contributed by atoms with Gasteiger partial charge in [-0.3, -0.25) is 0 Å². The van der Waals surface area contributed by atoms with Crippen molar-refractivity contribution in [2.24, 2.45) is 0 Å². The predicted molar refractivity (Wildman–Crippen MR) is 59.6 cm³/mol. The molecule has 0 amide bonds. The topological polar surface area (TPSA) is 77.0 Å². The van der Waals surface area contributed by atoms with Gasteiger partial charge in [0.25, 0.3) is 0 Å². The minimum atomic E-state index is 0.469. The number of nitrogens with one attached hydrogen (secondary N) is 1. The van der Waals surface area contributed by atoms with Crippen molar-refractivity contribution in [3.05, 3.63) is 23.3 Å². The lowest BCUT2D eigenvalue weighted by atomic mass is 10.3. The fourth-order valence-electron chi connectivity index (χ4n) is 0.809. The molecule has 0 radical (unpaired) electrons. The highest BCUT2D eigenvalue weighted by atomic mass is 79.9. The first kappa shape index (κ1) is 9.85. The molecule has 5 N–H and O–H groups in total. The summed E-state index contributed by atoms with van der Waals surface area (Å²) in [5, 5.41) is 2.99. The van der Waals surface area contributed by atoms with Gasteiger partial charge in [0.15, 0.2) is 5.82 Å². The Hall–Kier alpha value is -1.23. The second-order valence-corrected chi connectivity index (χ2v) is 3.65. The molecule has 1 heterocycles. The van der Waals surface area contributed by atoms with Crippen molar-refractivity contribution in [3.8, 4) is 0 Å². The van der Waals surface area contributed by atoms with E-state index in [1.165, 1.54) is 0 Å². The molecule has 0 aliphatic rings. The molecule has 0 aromatic carbocycles. The Kier molecular flexibility index (Phi) is 3.13. The average molecular weight is 243 g/mol. The molecule has 0 aliphatic carbocycles. The van der Waals surface area contributed by atoms with Crippen molar-refractivity contribution in [2.75, 3.05) is 23.3 Å². The smallest absolute Gasteiger partial charge is 0.151 e. The molecular formula is C8H11BrN4. The van der Waals surface area contributed by atoms with E-state index in [0.717, 1.165) is 4.48 Å². The van der Waals surface area contributed by atoms with Crippen LogP contribution >= 0.6 is 15.9 Å². The number of nitrogens with two attached hydrogens (primary N) is 2. The van der Waals surface area contributed by atoms with Crippen molar-refractivity contribution in [1.29, 1.82) is 0 Å². The quantitative estimate of drug-likeness (QED) is 0.752. The molecule has 1 aromatic heterocycles. The zero-order valence-electron chi connectivity index (χ0n) is 7.05. The summed E-state index contributed by atoms with van der Waals surface area (Å²) in [5.41, 5.74) is 12.3. The summed E-state index contributed by atoms with van der Waals surface area (Å²) in [7, 11) is 0. The molecule has 0 fully saturated rings. The molecule has 0 bridgehead atoms. The molecule has 0 saturated heterocycles. The van der Waals surface area contributed by atoms with Crippen LogP contribution in [0, 0.1) is 0 Å². The van der Waals surface area contributed by atoms with E-state index in [1.54, 1.807) is 12.3 Å².